The summed E-state index contributed by atoms with van der Waals surface area (Å²) < 4.78 is 1.20. The molecule has 0 bridgehead atoms. The highest BCUT2D eigenvalue weighted by Gasteiger charge is 2.20. The molecule has 1 N–H and O–H groups in total. The quantitative estimate of drug-likeness (QED) is 0.673. The fourth-order valence-electron chi connectivity index (χ4n) is 2.94. The van der Waals surface area contributed by atoms with Crippen LogP contribution in [0.15, 0.2) is 27.6 Å². The highest BCUT2D eigenvalue weighted by Crippen LogP contribution is 2.38. The van der Waals surface area contributed by atoms with E-state index in [2.05, 4.69) is 72.0 Å². The fraction of sp³-hybridized carbons (Fsp3) is 0.667. The predicted molar refractivity (Wildman–Crippen MR) is 98.0 cm³/mol. The van der Waals surface area contributed by atoms with Gasteiger partial charge in [0.1, 0.15) is 0 Å². The molecule has 1 aliphatic rings. The minimum atomic E-state index is 0.704. The minimum Gasteiger partial charge on any atom is -0.312 e. The summed E-state index contributed by atoms with van der Waals surface area (Å²) in [6.07, 6.45) is 5.56. The van der Waals surface area contributed by atoms with Crippen molar-refractivity contribution in [3.8, 4) is 0 Å². The van der Waals surface area contributed by atoms with E-state index in [-0.39, 0.29) is 0 Å². The van der Waals surface area contributed by atoms with Crippen LogP contribution in [-0.4, -0.2) is 11.8 Å². The largest absolute Gasteiger partial charge is 0.312 e. The van der Waals surface area contributed by atoms with Gasteiger partial charge in [0.05, 0.1) is 0 Å². The molecule has 0 aliphatic heterocycles. The average molecular weight is 370 g/mol. The molecular weight excluding hydrogens is 342 g/mol. The van der Waals surface area contributed by atoms with Gasteiger partial charge in [-0.25, -0.2) is 0 Å². The van der Waals surface area contributed by atoms with Crippen LogP contribution in [0.1, 0.15) is 52.0 Å². The summed E-state index contributed by atoms with van der Waals surface area (Å²) in [5.74, 6) is 1.60. The Hall–Kier alpha value is 0.01000. The second kappa shape index (κ2) is 8.59. The van der Waals surface area contributed by atoms with Crippen LogP contribution < -0.4 is 5.32 Å². The SMILES string of the molecule is CC(C)CNCc1ccc(Br)cc1SC1CCCC(C)C1. The third kappa shape index (κ3) is 5.96. The van der Waals surface area contributed by atoms with Crippen molar-refractivity contribution in [2.24, 2.45) is 11.8 Å². The Balaban J connectivity index is 2.00. The second-order valence-corrected chi connectivity index (χ2v) is 9.05. The van der Waals surface area contributed by atoms with Crippen LogP contribution in [0.2, 0.25) is 0 Å². The molecule has 0 spiro atoms. The van der Waals surface area contributed by atoms with Gasteiger partial charge in [-0.2, -0.15) is 0 Å². The molecule has 2 atom stereocenters. The van der Waals surface area contributed by atoms with Crippen molar-refractivity contribution in [3.63, 3.8) is 0 Å². The van der Waals surface area contributed by atoms with Gasteiger partial charge in [0.2, 0.25) is 0 Å². The first-order valence-electron chi connectivity index (χ1n) is 8.20. The number of halogens is 1. The maximum Gasteiger partial charge on any atom is 0.0216 e. The highest BCUT2D eigenvalue weighted by atomic mass is 79.9. The van der Waals surface area contributed by atoms with Crippen LogP contribution >= 0.6 is 27.7 Å². The predicted octanol–water partition coefficient (Wildman–Crippen LogP) is 5.87. The van der Waals surface area contributed by atoms with Crippen LogP contribution in [-0.2, 0) is 6.54 Å². The molecule has 3 heteroatoms. The van der Waals surface area contributed by atoms with Crippen molar-refractivity contribution in [3.05, 3.63) is 28.2 Å². The van der Waals surface area contributed by atoms with E-state index >= 15 is 0 Å². The van der Waals surface area contributed by atoms with E-state index in [0.29, 0.717) is 5.92 Å². The lowest BCUT2D eigenvalue weighted by Crippen LogP contribution is -2.20. The zero-order valence-corrected chi connectivity index (χ0v) is 15.9. The van der Waals surface area contributed by atoms with Gasteiger partial charge in [-0.1, -0.05) is 55.6 Å². The first kappa shape index (κ1) is 17.4. The maximum atomic E-state index is 3.63. The Kier molecular flexibility index (Phi) is 7.11. The van der Waals surface area contributed by atoms with Crippen molar-refractivity contribution in [2.45, 2.75) is 63.1 Å². The average Bonchev–Trinajstić information content (AvgIpc) is 2.41. The van der Waals surface area contributed by atoms with E-state index in [4.69, 9.17) is 0 Å². The lowest BCUT2D eigenvalue weighted by Gasteiger charge is -2.27. The second-order valence-electron chi connectivity index (χ2n) is 6.79. The van der Waals surface area contributed by atoms with Crippen LogP contribution in [0.25, 0.3) is 0 Å². The maximum absolute atomic E-state index is 3.63. The monoisotopic (exact) mass is 369 g/mol. The van der Waals surface area contributed by atoms with Gasteiger partial charge in [0.25, 0.3) is 0 Å². The summed E-state index contributed by atoms with van der Waals surface area (Å²) in [6.45, 7) is 8.98. The van der Waals surface area contributed by atoms with Crippen LogP contribution in [0, 0.1) is 11.8 Å². The standard InChI is InChI=1S/C18H28BrNS/c1-13(2)11-20-12-15-7-8-16(19)10-18(15)21-17-6-4-5-14(3)9-17/h7-8,10,13-14,17,20H,4-6,9,11-12H2,1-3H3. The van der Waals surface area contributed by atoms with Gasteiger partial charge in [0.15, 0.2) is 0 Å². The zero-order valence-electron chi connectivity index (χ0n) is 13.5. The number of rotatable bonds is 6. The number of thioether (sulfide) groups is 1. The Bertz CT molecular complexity index is 447. The first-order valence-corrected chi connectivity index (χ1v) is 9.87. The molecule has 1 aliphatic carbocycles. The Morgan fingerprint density at radius 1 is 1.33 bits per heavy atom. The molecule has 0 aromatic heterocycles. The first-order chi connectivity index (χ1) is 10.0. The molecule has 1 fully saturated rings. The van der Waals surface area contributed by atoms with Gasteiger partial charge < -0.3 is 5.32 Å². The Morgan fingerprint density at radius 2 is 2.14 bits per heavy atom. The summed E-state index contributed by atoms with van der Waals surface area (Å²) in [7, 11) is 0. The fourth-order valence-corrected chi connectivity index (χ4v) is 5.01. The third-order valence-electron chi connectivity index (χ3n) is 4.08. The number of benzene rings is 1. The Morgan fingerprint density at radius 3 is 2.86 bits per heavy atom. The van der Waals surface area contributed by atoms with Crippen molar-refractivity contribution in [1.82, 2.24) is 5.32 Å². The summed E-state index contributed by atoms with van der Waals surface area (Å²) in [4.78, 5) is 1.46. The molecule has 1 aromatic carbocycles. The Labute approximate surface area is 142 Å². The van der Waals surface area contributed by atoms with E-state index in [1.807, 2.05) is 0 Å². The van der Waals surface area contributed by atoms with Gasteiger partial charge in [-0.05, 0) is 48.9 Å². The van der Waals surface area contributed by atoms with Crippen molar-refractivity contribution < 1.29 is 0 Å². The van der Waals surface area contributed by atoms with Crippen molar-refractivity contribution in [2.75, 3.05) is 6.54 Å². The van der Waals surface area contributed by atoms with E-state index in [0.717, 1.165) is 24.3 Å². The summed E-state index contributed by atoms with van der Waals surface area (Å²) in [5.41, 5.74) is 1.45. The topological polar surface area (TPSA) is 12.0 Å². The molecule has 1 aromatic rings. The minimum absolute atomic E-state index is 0.704. The molecule has 0 radical (unpaired) electrons. The van der Waals surface area contributed by atoms with Gasteiger partial charge >= 0.3 is 0 Å². The van der Waals surface area contributed by atoms with Crippen molar-refractivity contribution >= 4 is 27.7 Å². The van der Waals surface area contributed by atoms with Gasteiger partial charge in [-0.3, -0.25) is 0 Å². The summed E-state index contributed by atoms with van der Waals surface area (Å²) in [6, 6.07) is 6.74. The number of hydrogen-bond donors (Lipinski definition) is 1. The molecule has 118 valence electrons. The molecule has 0 amide bonds. The molecule has 0 saturated heterocycles. The molecule has 1 saturated carbocycles. The molecule has 2 rings (SSSR count). The number of hydrogen-bond acceptors (Lipinski definition) is 2. The lowest BCUT2D eigenvalue weighted by molar-refractivity contribution is 0.394. The van der Waals surface area contributed by atoms with Crippen LogP contribution in [0.3, 0.4) is 0 Å². The van der Waals surface area contributed by atoms with E-state index in [1.165, 1.54) is 40.6 Å². The van der Waals surface area contributed by atoms with Gasteiger partial charge in [0, 0.05) is 21.2 Å². The van der Waals surface area contributed by atoms with Crippen LogP contribution in [0.5, 0.6) is 0 Å². The van der Waals surface area contributed by atoms with Gasteiger partial charge in [-0.15, -0.1) is 11.8 Å². The third-order valence-corrected chi connectivity index (χ3v) is 5.97. The van der Waals surface area contributed by atoms with Crippen LogP contribution in [0.4, 0.5) is 0 Å². The highest BCUT2D eigenvalue weighted by molar-refractivity contribution is 9.10. The summed E-state index contributed by atoms with van der Waals surface area (Å²) >= 11 is 5.73. The molecule has 21 heavy (non-hydrogen) atoms. The molecular formula is C18H28BrNS. The zero-order chi connectivity index (χ0) is 15.2. The smallest absolute Gasteiger partial charge is 0.0216 e. The van der Waals surface area contributed by atoms with E-state index in [1.54, 1.807) is 0 Å². The lowest BCUT2D eigenvalue weighted by atomic mass is 9.91. The van der Waals surface area contributed by atoms with Crippen molar-refractivity contribution in [1.29, 1.82) is 0 Å². The van der Waals surface area contributed by atoms with E-state index < -0.39 is 0 Å². The normalized spacial score (nSPS) is 22.7. The number of nitrogens with one attached hydrogen (secondary N) is 1. The molecule has 1 nitrogen and oxygen atoms in total. The van der Waals surface area contributed by atoms with E-state index in [9.17, 15) is 0 Å². The molecule has 2 unspecified atom stereocenters. The molecule has 0 heterocycles. The summed E-state index contributed by atoms with van der Waals surface area (Å²) in [5, 5.41) is 4.38.